The number of hydrogen-bond donors (Lipinski definition) is 2. The molecule has 138 valence electrons. The Labute approximate surface area is 161 Å². The van der Waals surface area contributed by atoms with Crippen molar-refractivity contribution >= 4 is 29.9 Å². The Balaban J connectivity index is 0.00000484. The van der Waals surface area contributed by atoms with Crippen molar-refractivity contribution in [1.82, 2.24) is 10.2 Å². The van der Waals surface area contributed by atoms with E-state index in [2.05, 4.69) is 42.9 Å². The minimum absolute atomic E-state index is 0. The zero-order valence-corrected chi connectivity index (χ0v) is 18.0. The minimum atomic E-state index is 0. The van der Waals surface area contributed by atoms with Crippen molar-refractivity contribution in [2.75, 3.05) is 26.2 Å². The number of piperidine rings is 1. The van der Waals surface area contributed by atoms with E-state index >= 15 is 0 Å². The van der Waals surface area contributed by atoms with E-state index < -0.39 is 0 Å². The smallest absolute Gasteiger partial charge is 0.188 e. The van der Waals surface area contributed by atoms with Gasteiger partial charge in [-0.05, 0) is 64.1 Å². The van der Waals surface area contributed by atoms with Crippen LogP contribution in [0, 0.1) is 11.8 Å². The number of likely N-dealkylation sites (tertiary alicyclic amines) is 1. The average Bonchev–Trinajstić information content (AvgIpc) is 2.46. The number of nitrogens with two attached hydrogens (primary N) is 1. The van der Waals surface area contributed by atoms with Crippen LogP contribution in [0.5, 0.6) is 0 Å². The summed E-state index contributed by atoms with van der Waals surface area (Å²) in [6.45, 7) is 13.6. The summed E-state index contributed by atoms with van der Waals surface area (Å²) in [5, 5.41) is 3.34. The second-order valence-electron chi connectivity index (χ2n) is 7.38. The van der Waals surface area contributed by atoms with Crippen LogP contribution in [0.1, 0.15) is 66.2 Å². The van der Waals surface area contributed by atoms with E-state index in [0.717, 1.165) is 12.5 Å². The summed E-state index contributed by atoms with van der Waals surface area (Å²) in [6.07, 6.45) is 7.51. The molecule has 0 spiro atoms. The summed E-state index contributed by atoms with van der Waals surface area (Å²) in [6, 6.07) is 0.425. The summed E-state index contributed by atoms with van der Waals surface area (Å²) < 4.78 is 0. The lowest BCUT2D eigenvalue weighted by Crippen LogP contribution is -2.39. The molecule has 1 aliphatic heterocycles. The quantitative estimate of drug-likeness (QED) is 0.327. The number of aliphatic imine (C=N–C) groups is 1. The zero-order chi connectivity index (χ0) is 16.4. The monoisotopic (exact) mass is 438 g/mol. The number of nitrogens with zero attached hydrogens (tertiary/aromatic N) is 2. The zero-order valence-electron chi connectivity index (χ0n) is 15.7. The predicted molar refractivity (Wildman–Crippen MR) is 113 cm³/mol. The third-order valence-corrected chi connectivity index (χ3v) is 4.58. The summed E-state index contributed by atoms with van der Waals surface area (Å²) in [5.74, 6) is 2.13. The topological polar surface area (TPSA) is 53.6 Å². The largest absolute Gasteiger partial charge is 0.370 e. The molecule has 0 aromatic rings. The van der Waals surface area contributed by atoms with Gasteiger partial charge in [0.05, 0.1) is 0 Å². The Morgan fingerprint density at radius 3 is 2.43 bits per heavy atom. The van der Waals surface area contributed by atoms with Crippen molar-refractivity contribution in [1.29, 1.82) is 0 Å². The molecule has 0 amide bonds. The molecule has 0 bridgehead atoms. The van der Waals surface area contributed by atoms with Gasteiger partial charge in [0.25, 0.3) is 0 Å². The molecule has 1 rings (SSSR count). The van der Waals surface area contributed by atoms with Crippen LogP contribution in [0.25, 0.3) is 0 Å². The van der Waals surface area contributed by atoms with E-state index in [1.54, 1.807) is 0 Å². The molecule has 0 saturated carbocycles. The number of hydrogen-bond acceptors (Lipinski definition) is 2. The standard InChI is InChI=1S/C18H38N4.HI/c1-5-11-22-12-9-17(10-13-22)14-20-18(19)21-16(4)8-6-7-15(2)3;/h15-17H,5-14H2,1-4H3,(H3,19,20,21);1H. The maximum Gasteiger partial charge on any atom is 0.188 e. The fourth-order valence-corrected chi connectivity index (χ4v) is 3.14. The number of halogens is 1. The van der Waals surface area contributed by atoms with Crippen LogP contribution in [0.4, 0.5) is 0 Å². The molecule has 23 heavy (non-hydrogen) atoms. The van der Waals surface area contributed by atoms with Crippen molar-refractivity contribution in [3.8, 4) is 0 Å². The first-order valence-electron chi connectivity index (χ1n) is 9.30. The van der Waals surface area contributed by atoms with Gasteiger partial charge < -0.3 is 16.0 Å². The SMILES string of the molecule is CCCN1CCC(CN=C(N)NC(C)CCCC(C)C)CC1.I. The van der Waals surface area contributed by atoms with Crippen molar-refractivity contribution < 1.29 is 0 Å². The maximum atomic E-state index is 6.03. The Morgan fingerprint density at radius 2 is 1.87 bits per heavy atom. The fourth-order valence-electron chi connectivity index (χ4n) is 3.14. The van der Waals surface area contributed by atoms with Crippen molar-refractivity contribution in [3.05, 3.63) is 0 Å². The number of rotatable bonds is 9. The minimum Gasteiger partial charge on any atom is -0.370 e. The summed E-state index contributed by atoms with van der Waals surface area (Å²) in [7, 11) is 0. The number of guanidine groups is 1. The van der Waals surface area contributed by atoms with Gasteiger partial charge in [-0.2, -0.15) is 0 Å². The van der Waals surface area contributed by atoms with Gasteiger partial charge in [0.1, 0.15) is 0 Å². The Hall–Kier alpha value is -0.0400. The van der Waals surface area contributed by atoms with E-state index in [-0.39, 0.29) is 24.0 Å². The average molecular weight is 438 g/mol. The highest BCUT2D eigenvalue weighted by Gasteiger charge is 2.18. The van der Waals surface area contributed by atoms with Gasteiger partial charge >= 0.3 is 0 Å². The van der Waals surface area contributed by atoms with Gasteiger partial charge in [0, 0.05) is 12.6 Å². The van der Waals surface area contributed by atoms with Crippen LogP contribution in [-0.2, 0) is 0 Å². The van der Waals surface area contributed by atoms with Gasteiger partial charge in [-0.1, -0.05) is 33.6 Å². The molecule has 5 heteroatoms. The first-order chi connectivity index (χ1) is 10.5. The first kappa shape index (κ1) is 23.0. The highest BCUT2D eigenvalue weighted by molar-refractivity contribution is 14.0. The van der Waals surface area contributed by atoms with Crippen molar-refractivity contribution in [3.63, 3.8) is 0 Å². The van der Waals surface area contributed by atoms with E-state index in [4.69, 9.17) is 5.73 Å². The molecule has 1 fully saturated rings. The van der Waals surface area contributed by atoms with Crippen molar-refractivity contribution in [2.24, 2.45) is 22.6 Å². The van der Waals surface area contributed by atoms with Crippen LogP contribution in [-0.4, -0.2) is 43.1 Å². The van der Waals surface area contributed by atoms with Gasteiger partial charge in [0.2, 0.25) is 0 Å². The molecular formula is C18H39IN4. The van der Waals surface area contributed by atoms with Crippen LogP contribution in [0.3, 0.4) is 0 Å². The summed E-state index contributed by atoms with van der Waals surface area (Å²) >= 11 is 0. The third-order valence-electron chi connectivity index (χ3n) is 4.58. The molecule has 4 nitrogen and oxygen atoms in total. The van der Waals surface area contributed by atoms with E-state index in [9.17, 15) is 0 Å². The van der Waals surface area contributed by atoms with Gasteiger partial charge in [-0.3, -0.25) is 4.99 Å². The fraction of sp³-hybridized carbons (Fsp3) is 0.944. The summed E-state index contributed by atoms with van der Waals surface area (Å²) in [5.41, 5.74) is 6.03. The maximum absolute atomic E-state index is 6.03. The van der Waals surface area contributed by atoms with E-state index in [1.165, 1.54) is 58.2 Å². The molecule has 0 aromatic carbocycles. The van der Waals surface area contributed by atoms with Crippen molar-refractivity contribution in [2.45, 2.75) is 72.3 Å². The molecule has 3 N–H and O–H groups in total. The molecule has 0 aliphatic carbocycles. The highest BCUT2D eigenvalue weighted by atomic mass is 127. The molecule has 1 saturated heterocycles. The lowest BCUT2D eigenvalue weighted by Gasteiger charge is -2.31. The van der Waals surface area contributed by atoms with Gasteiger partial charge in [0.15, 0.2) is 5.96 Å². The number of nitrogens with one attached hydrogen (secondary N) is 1. The second kappa shape index (κ2) is 13.3. The molecular weight excluding hydrogens is 399 g/mol. The first-order valence-corrected chi connectivity index (χ1v) is 9.30. The lowest BCUT2D eigenvalue weighted by molar-refractivity contribution is 0.188. The normalized spacial score (nSPS) is 18.7. The Kier molecular flexibility index (Phi) is 13.3. The molecule has 0 aromatic heterocycles. The van der Waals surface area contributed by atoms with Crippen LogP contribution in [0.15, 0.2) is 4.99 Å². The van der Waals surface area contributed by atoms with Crippen LogP contribution >= 0.6 is 24.0 Å². The highest BCUT2D eigenvalue weighted by Crippen LogP contribution is 2.17. The van der Waals surface area contributed by atoms with Crippen LogP contribution in [0.2, 0.25) is 0 Å². The second-order valence-corrected chi connectivity index (χ2v) is 7.38. The molecule has 0 radical (unpaired) electrons. The lowest BCUT2D eigenvalue weighted by atomic mass is 9.97. The molecule has 1 aliphatic rings. The van der Waals surface area contributed by atoms with E-state index in [1.807, 2.05) is 0 Å². The van der Waals surface area contributed by atoms with Crippen LogP contribution < -0.4 is 11.1 Å². The Bertz CT molecular complexity index is 312. The molecule has 1 unspecified atom stereocenters. The summed E-state index contributed by atoms with van der Waals surface area (Å²) in [4.78, 5) is 7.13. The molecule has 1 heterocycles. The predicted octanol–water partition coefficient (Wildman–Crippen LogP) is 3.85. The van der Waals surface area contributed by atoms with E-state index in [0.29, 0.717) is 17.9 Å². The van der Waals surface area contributed by atoms with Gasteiger partial charge in [-0.15, -0.1) is 24.0 Å². The van der Waals surface area contributed by atoms with Gasteiger partial charge in [-0.25, -0.2) is 0 Å². The Morgan fingerprint density at radius 1 is 1.22 bits per heavy atom. The third kappa shape index (κ3) is 11.2. The molecule has 1 atom stereocenters.